The van der Waals surface area contributed by atoms with Crippen molar-refractivity contribution in [3.05, 3.63) is 58.6 Å². The van der Waals surface area contributed by atoms with E-state index in [0.717, 1.165) is 6.42 Å². The molecule has 0 radical (unpaired) electrons. The van der Waals surface area contributed by atoms with Crippen LogP contribution in [0.15, 0.2) is 47.4 Å². The zero-order valence-electron chi connectivity index (χ0n) is 12.5. The van der Waals surface area contributed by atoms with E-state index in [1.54, 1.807) is 41.1 Å². The van der Waals surface area contributed by atoms with Crippen LogP contribution < -0.4 is 11.0 Å². The van der Waals surface area contributed by atoms with Gasteiger partial charge in [0, 0.05) is 17.3 Å². The highest BCUT2D eigenvalue weighted by atomic mass is 16.2. The molecule has 0 aliphatic carbocycles. The Labute approximate surface area is 123 Å². The fourth-order valence-electron chi connectivity index (χ4n) is 1.88. The van der Waals surface area contributed by atoms with E-state index in [2.05, 4.69) is 10.3 Å². The summed E-state index contributed by atoms with van der Waals surface area (Å²) >= 11 is 0. The molecule has 5 heteroatoms. The highest BCUT2D eigenvalue weighted by Gasteiger charge is 2.19. The first kappa shape index (κ1) is 15.0. The third-order valence-corrected chi connectivity index (χ3v) is 3.60. The maximum Gasteiger partial charge on any atom is 0.350 e. The molecule has 21 heavy (non-hydrogen) atoms. The topological polar surface area (TPSA) is 64.0 Å². The lowest BCUT2D eigenvalue weighted by atomic mass is 10.0. The summed E-state index contributed by atoms with van der Waals surface area (Å²) in [4.78, 5) is 28.0. The van der Waals surface area contributed by atoms with Gasteiger partial charge in [-0.3, -0.25) is 9.36 Å². The fourth-order valence-corrected chi connectivity index (χ4v) is 1.88. The number of amides is 1. The third kappa shape index (κ3) is 3.37. The molecular formula is C16H19N3O2. The van der Waals surface area contributed by atoms with Gasteiger partial charge in [0.2, 0.25) is 0 Å². The van der Waals surface area contributed by atoms with Crippen molar-refractivity contribution in [3.63, 3.8) is 0 Å². The summed E-state index contributed by atoms with van der Waals surface area (Å²) in [5, 5.41) is 2.63. The second-order valence-corrected chi connectivity index (χ2v) is 5.45. The van der Waals surface area contributed by atoms with E-state index >= 15 is 0 Å². The average Bonchev–Trinajstić information content (AvgIpc) is 2.48. The monoisotopic (exact) mass is 285 g/mol. The highest BCUT2D eigenvalue weighted by Crippen LogP contribution is 2.16. The van der Waals surface area contributed by atoms with Gasteiger partial charge in [-0.1, -0.05) is 25.1 Å². The van der Waals surface area contributed by atoms with Crippen LogP contribution in [0.4, 0.5) is 5.82 Å². The van der Waals surface area contributed by atoms with Gasteiger partial charge in [0.15, 0.2) is 0 Å². The molecule has 1 heterocycles. The summed E-state index contributed by atoms with van der Waals surface area (Å²) in [6.45, 7) is 5.95. The number of carbonyl (C=O) groups is 1. The largest absolute Gasteiger partial charge is 0.350 e. The van der Waals surface area contributed by atoms with Crippen LogP contribution in [0.2, 0.25) is 0 Å². The quantitative estimate of drug-likeness (QED) is 0.939. The molecule has 2 rings (SSSR count). The summed E-state index contributed by atoms with van der Waals surface area (Å²) < 4.78 is 1.57. The minimum absolute atomic E-state index is 0.261. The maximum atomic E-state index is 12.1. The second kappa shape index (κ2) is 5.91. The van der Waals surface area contributed by atoms with Crippen LogP contribution in [0.25, 0.3) is 0 Å². The molecule has 0 spiro atoms. The van der Waals surface area contributed by atoms with E-state index in [1.165, 1.54) is 0 Å². The molecule has 110 valence electrons. The molecule has 2 aromatic rings. The second-order valence-electron chi connectivity index (χ2n) is 5.45. The molecular weight excluding hydrogens is 266 g/mol. The normalized spacial score (nSPS) is 11.2. The zero-order valence-corrected chi connectivity index (χ0v) is 12.5. The molecule has 0 unspecified atom stereocenters. The SMILES string of the molecule is CCC(C)(C)n1ccc(NC(=O)c2ccccc2)nc1=O. The van der Waals surface area contributed by atoms with E-state index in [9.17, 15) is 9.59 Å². The van der Waals surface area contributed by atoms with E-state index in [1.807, 2.05) is 26.8 Å². The predicted octanol–water partition coefficient (Wildman–Crippen LogP) is 2.64. The molecule has 1 amide bonds. The van der Waals surface area contributed by atoms with Gasteiger partial charge >= 0.3 is 5.69 Å². The minimum Gasteiger partial charge on any atom is -0.306 e. The first-order chi connectivity index (χ1) is 9.94. The molecule has 0 fully saturated rings. The number of hydrogen-bond acceptors (Lipinski definition) is 3. The van der Waals surface area contributed by atoms with Gasteiger partial charge in [-0.2, -0.15) is 4.98 Å². The van der Waals surface area contributed by atoms with Crippen LogP contribution in [0.5, 0.6) is 0 Å². The first-order valence-electron chi connectivity index (χ1n) is 6.90. The van der Waals surface area contributed by atoms with Crippen molar-refractivity contribution >= 4 is 11.7 Å². The number of rotatable bonds is 4. The Balaban J connectivity index is 2.22. The molecule has 1 N–H and O–H groups in total. The molecule has 0 saturated heterocycles. The lowest BCUT2D eigenvalue weighted by Gasteiger charge is -2.25. The highest BCUT2D eigenvalue weighted by molar-refractivity contribution is 6.03. The number of carbonyl (C=O) groups excluding carboxylic acids is 1. The number of nitrogens with zero attached hydrogens (tertiary/aromatic N) is 2. The summed E-state index contributed by atoms with van der Waals surface area (Å²) in [7, 11) is 0. The van der Waals surface area contributed by atoms with Crippen molar-refractivity contribution < 1.29 is 4.79 Å². The molecule has 0 bridgehead atoms. The van der Waals surface area contributed by atoms with Crippen LogP contribution in [0.1, 0.15) is 37.6 Å². The van der Waals surface area contributed by atoms with Gasteiger partial charge < -0.3 is 5.32 Å². The Morgan fingerprint density at radius 2 is 1.90 bits per heavy atom. The third-order valence-electron chi connectivity index (χ3n) is 3.60. The van der Waals surface area contributed by atoms with Crippen molar-refractivity contribution in [2.75, 3.05) is 5.32 Å². The molecule has 0 saturated carbocycles. The van der Waals surface area contributed by atoms with Crippen molar-refractivity contribution in [1.82, 2.24) is 9.55 Å². The smallest absolute Gasteiger partial charge is 0.306 e. The zero-order chi connectivity index (χ0) is 15.5. The number of anilines is 1. The number of aromatic nitrogens is 2. The molecule has 1 aromatic heterocycles. The average molecular weight is 285 g/mol. The van der Waals surface area contributed by atoms with Crippen molar-refractivity contribution in [1.29, 1.82) is 0 Å². The maximum absolute atomic E-state index is 12.1. The standard InChI is InChI=1S/C16H19N3O2/c1-4-16(2,3)19-11-10-13(18-15(19)21)17-14(20)12-8-6-5-7-9-12/h5-11H,4H2,1-3H3,(H,17,18,20,21). The molecule has 0 aliphatic heterocycles. The van der Waals surface area contributed by atoms with Crippen molar-refractivity contribution in [3.8, 4) is 0 Å². The Morgan fingerprint density at radius 3 is 2.48 bits per heavy atom. The number of hydrogen-bond donors (Lipinski definition) is 1. The molecule has 1 aromatic carbocycles. The van der Waals surface area contributed by atoms with E-state index < -0.39 is 0 Å². The van der Waals surface area contributed by atoms with E-state index in [0.29, 0.717) is 5.56 Å². The van der Waals surface area contributed by atoms with Crippen LogP contribution in [-0.4, -0.2) is 15.5 Å². The lowest BCUT2D eigenvalue weighted by molar-refractivity contribution is 0.102. The van der Waals surface area contributed by atoms with Crippen LogP contribution in [0, 0.1) is 0 Å². The summed E-state index contributed by atoms with van der Waals surface area (Å²) in [5.41, 5.74) is -0.142. The molecule has 0 atom stereocenters. The van der Waals surface area contributed by atoms with E-state index in [-0.39, 0.29) is 23.0 Å². The van der Waals surface area contributed by atoms with Gasteiger partial charge in [0.25, 0.3) is 5.91 Å². The molecule has 0 aliphatic rings. The van der Waals surface area contributed by atoms with Gasteiger partial charge in [-0.25, -0.2) is 4.79 Å². The summed E-state index contributed by atoms with van der Waals surface area (Å²) in [6.07, 6.45) is 2.48. The van der Waals surface area contributed by atoms with E-state index in [4.69, 9.17) is 0 Å². The Kier molecular flexibility index (Phi) is 4.21. The Hall–Kier alpha value is -2.43. The van der Waals surface area contributed by atoms with Crippen molar-refractivity contribution in [2.24, 2.45) is 0 Å². The number of benzene rings is 1. The molecule has 5 nitrogen and oxygen atoms in total. The Bertz CT molecular complexity index is 690. The predicted molar refractivity (Wildman–Crippen MR) is 82.5 cm³/mol. The van der Waals surface area contributed by atoms with Gasteiger partial charge in [0.05, 0.1) is 0 Å². The van der Waals surface area contributed by atoms with Crippen molar-refractivity contribution in [2.45, 2.75) is 32.7 Å². The summed E-state index contributed by atoms with van der Waals surface area (Å²) in [5.74, 6) is -0.0213. The minimum atomic E-state index is -0.368. The fraction of sp³-hybridized carbons (Fsp3) is 0.312. The lowest BCUT2D eigenvalue weighted by Crippen LogP contribution is -2.37. The number of nitrogens with one attached hydrogen (secondary N) is 1. The van der Waals surface area contributed by atoms with Crippen LogP contribution >= 0.6 is 0 Å². The van der Waals surface area contributed by atoms with Crippen LogP contribution in [-0.2, 0) is 5.54 Å². The van der Waals surface area contributed by atoms with Crippen LogP contribution in [0.3, 0.4) is 0 Å². The van der Waals surface area contributed by atoms with Gasteiger partial charge in [-0.05, 0) is 38.5 Å². The summed E-state index contributed by atoms with van der Waals surface area (Å²) in [6, 6.07) is 10.4. The van der Waals surface area contributed by atoms with Gasteiger partial charge in [-0.15, -0.1) is 0 Å². The first-order valence-corrected chi connectivity index (χ1v) is 6.90. The van der Waals surface area contributed by atoms with Gasteiger partial charge in [0.1, 0.15) is 5.82 Å². The Morgan fingerprint density at radius 1 is 1.24 bits per heavy atom.